The molecule has 3 nitrogen and oxygen atoms in total. The first-order valence-corrected chi connectivity index (χ1v) is 7.85. The van der Waals surface area contributed by atoms with Crippen LogP contribution in [0, 0.1) is 0 Å². The average molecular weight is 273 g/mol. The Balaban J connectivity index is 1.54. The Hall–Kier alpha value is -1.35. The molecule has 0 amide bonds. The van der Waals surface area contributed by atoms with E-state index < -0.39 is 0 Å². The second kappa shape index (κ2) is 6.40. The van der Waals surface area contributed by atoms with Crippen molar-refractivity contribution in [1.29, 1.82) is 0 Å². The molecule has 3 rings (SSSR count). The van der Waals surface area contributed by atoms with E-state index in [2.05, 4.69) is 11.4 Å². The van der Waals surface area contributed by atoms with Gasteiger partial charge >= 0.3 is 0 Å². The maximum absolute atomic E-state index is 11.8. The van der Waals surface area contributed by atoms with Crippen LogP contribution in [-0.2, 0) is 6.42 Å². The molecule has 1 aromatic rings. The number of benzene rings is 1. The third-order valence-corrected chi connectivity index (χ3v) is 4.37. The Morgan fingerprint density at radius 3 is 3.00 bits per heavy atom. The number of piperidine rings is 1. The first-order valence-electron chi connectivity index (χ1n) is 7.85. The Morgan fingerprint density at radius 1 is 1.20 bits per heavy atom. The Morgan fingerprint density at radius 2 is 2.15 bits per heavy atom. The van der Waals surface area contributed by atoms with E-state index in [1.165, 1.54) is 19.3 Å². The number of ketones is 1. The monoisotopic (exact) mass is 273 g/mol. The summed E-state index contributed by atoms with van der Waals surface area (Å²) in [5, 5.41) is 3.54. The lowest BCUT2D eigenvalue weighted by Gasteiger charge is -2.23. The molecule has 1 unspecified atom stereocenters. The van der Waals surface area contributed by atoms with Crippen molar-refractivity contribution in [2.75, 3.05) is 13.2 Å². The van der Waals surface area contributed by atoms with Gasteiger partial charge in [0.2, 0.25) is 0 Å². The van der Waals surface area contributed by atoms with Crippen LogP contribution in [0.5, 0.6) is 5.75 Å². The first-order chi connectivity index (χ1) is 9.83. The van der Waals surface area contributed by atoms with Gasteiger partial charge in [0.1, 0.15) is 5.75 Å². The summed E-state index contributed by atoms with van der Waals surface area (Å²) >= 11 is 0. The molecule has 2 aliphatic rings. The van der Waals surface area contributed by atoms with E-state index in [9.17, 15) is 4.79 Å². The van der Waals surface area contributed by atoms with Crippen LogP contribution >= 0.6 is 0 Å². The van der Waals surface area contributed by atoms with E-state index in [-0.39, 0.29) is 5.78 Å². The van der Waals surface area contributed by atoms with E-state index in [1.807, 2.05) is 12.1 Å². The van der Waals surface area contributed by atoms with E-state index in [0.717, 1.165) is 49.3 Å². The molecule has 1 aromatic carbocycles. The molecule has 20 heavy (non-hydrogen) atoms. The number of carbonyl (C=O) groups is 1. The van der Waals surface area contributed by atoms with E-state index >= 15 is 0 Å². The van der Waals surface area contributed by atoms with Crippen LogP contribution in [-0.4, -0.2) is 25.0 Å². The van der Waals surface area contributed by atoms with Gasteiger partial charge in [0.05, 0.1) is 6.61 Å². The van der Waals surface area contributed by atoms with Gasteiger partial charge in [-0.1, -0.05) is 6.42 Å². The highest BCUT2D eigenvalue weighted by molar-refractivity contribution is 5.98. The molecule has 0 radical (unpaired) electrons. The largest absolute Gasteiger partial charge is 0.494 e. The number of fused-ring (bicyclic) bond motifs is 1. The molecule has 0 aromatic heterocycles. The minimum absolute atomic E-state index is 0.282. The fourth-order valence-corrected chi connectivity index (χ4v) is 3.20. The van der Waals surface area contributed by atoms with Crippen LogP contribution in [0.4, 0.5) is 0 Å². The Kier molecular flexibility index (Phi) is 4.36. The number of Topliss-reactive ketones (excluding diaryl/α,β-unsaturated/α-hetero) is 1. The fourth-order valence-electron chi connectivity index (χ4n) is 3.20. The quantitative estimate of drug-likeness (QED) is 0.916. The summed E-state index contributed by atoms with van der Waals surface area (Å²) in [6, 6.07) is 6.55. The summed E-state index contributed by atoms with van der Waals surface area (Å²) in [5.41, 5.74) is 2.06. The van der Waals surface area contributed by atoms with Crippen LogP contribution < -0.4 is 10.1 Å². The summed E-state index contributed by atoms with van der Waals surface area (Å²) in [4.78, 5) is 11.8. The SMILES string of the molecule is O=C1CCCc2cc(OCCC3CCCCN3)ccc21. The van der Waals surface area contributed by atoms with Gasteiger partial charge in [0.25, 0.3) is 0 Å². The highest BCUT2D eigenvalue weighted by atomic mass is 16.5. The van der Waals surface area contributed by atoms with Gasteiger partial charge in [-0.15, -0.1) is 0 Å². The Bertz CT molecular complexity index is 478. The summed E-state index contributed by atoms with van der Waals surface area (Å²) in [7, 11) is 0. The predicted octanol–water partition coefficient (Wildman–Crippen LogP) is 3.12. The first kappa shape index (κ1) is 13.6. The maximum atomic E-state index is 11.8. The van der Waals surface area contributed by atoms with Crippen molar-refractivity contribution in [3.8, 4) is 5.75 Å². The van der Waals surface area contributed by atoms with Crippen molar-refractivity contribution in [2.24, 2.45) is 0 Å². The molecule has 0 saturated carbocycles. The third kappa shape index (κ3) is 3.21. The van der Waals surface area contributed by atoms with Gasteiger partial charge in [0.15, 0.2) is 5.78 Å². The van der Waals surface area contributed by atoms with Crippen LogP contribution in [0.2, 0.25) is 0 Å². The van der Waals surface area contributed by atoms with Crippen molar-refractivity contribution in [1.82, 2.24) is 5.32 Å². The summed E-state index contributed by atoms with van der Waals surface area (Å²) in [6.07, 6.45) is 7.64. The number of aryl methyl sites for hydroxylation is 1. The lowest BCUT2D eigenvalue weighted by molar-refractivity contribution is 0.0972. The van der Waals surface area contributed by atoms with E-state index in [0.29, 0.717) is 12.5 Å². The lowest BCUT2D eigenvalue weighted by Crippen LogP contribution is -2.35. The number of hydrogen-bond donors (Lipinski definition) is 1. The van der Waals surface area contributed by atoms with Crippen molar-refractivity contribution in [3.05, 3.63) is 29.3 Å². The molecule has 1 aliphatic carbocycles. The van der Waals surface area contributed by atoms with E-state index in [1.54, 1.807) is 0 Å². The normalized spacial score (nSPS) is 22.4. The molecule has 1 fully saturated rings. The summed E-state index contributed by atoms with van der Waals surface area (Å²) in [5.74, 6) is 1.19. The number of nitrogens with one attached hydrogen (secondary N) is 1. The van der Waals surface area contributed by atoms with Crippen molar-refractivity contribution in [2.45, 2.75) is 51.0 Å². The average Bonchev–Trinajstić information content (AvgIpc) is 2.48. The van der Waals surface area contributed by atoms with Crippen LogP contribution in [0.3, 0.4) is 0 Å². The van der Waals surface area contributed by atoms with E-state index in [4.69, 9.17) is 4.74 Å². The molecule has 0 bridgehead atoms. The second-order valence-electron chi connectivity index (χ2n) is 5.88. The molecule has 1 saturated heterocycles. The predicted molar refractivity (Wildman–Crippen MR) is 79.5 cm³/mol. The molecule has 1 aliphatic heterocycles. The molecule has 1 heterocycles. The molecular formula is C17H23NO2. The number of hydrogen-bond acceptors (Lipinski definition) is 3. The zero-order valence-electron chi connectivity index (χ0n) is 12.0. The number of rotatable bonds is 4. The van der Waals surface area contributed by atoms with Crippen LogP contribution in [0.25, 0.3) is 0 Å². The summed E-state index contributed by atoms with van der Waals surface area (Å²) in [6.45, 7) is 1.90. The number of carbonyl (C=O) groups excluding carboxylic acids is 1. The summed E-state index contributed by atoms with van der Waals surface area (Å²) < 4.78 is 5.86. The highest BCUT2D eigenvalue weighted by Gasteiger charge is 2.17. The molecule has 0 spiro atoms. The fraction of sp³-hybridized carbons (Fsp3) is 0.588. The zero-order valence-corrected chi connectivity index (χ0v) is 12.0. The molecule has 1 N–H and O–H groups in total. The molecular weight excluding hydrogens is 250 g/mol. The van der Waals surface area contributed by atoms with Crippen LogP contribution in [0.1, 0.15) is 54.4 Å². The standard InChI is InChI=1S/C17H23NO2/c19-17-6-3-4-13-12-15(7-8-16(13)17)20-11-9-14-5-1-2-10-18-14/h7-8,12,14,18H,1-6,9-11H2. The van der Waals surface area contributed by atoms with Gasteiger partial charge in [-0.25, -0.2) is 0 Å². The van der Waals surface area contributed by atoms with Gasteiger partial charge in [0, 0.05) is 18.0 Å². The highest BCUT2D eigenvalue weighted by Crippen LogP contribution is 2.25. The molecule has 3 heteroatoms. The lowest BCUT2D eigenvalue weighted by atomic mass is 9.90. The van der Waals surface area contributed by atoms with Gasteiger partial charge < -0.3 is 10.1 Å². The van der Waals surface area contributed by atoms with Crippen molar-refractivity contribution < 1.29 is 9.53 Å². The van der Waals surface area contributed by atoms with Gasteiger partial charge in [-0.05, 0) is 62.4 Å². The number of ether oxygens (including phenoxy) is 1. The minimum atomic E-state index is 0.282. The minimum Gasteiger partial charge on any atom is -0.494 e. The smallest absolute Gasteiger partial charge is 0.163 e. The molecule has 1 atom stereocenters. The van der Waals surface area contributed by atoms with Crippen molar-refractivity contribution >= 4 is 5.78 Å². The topological polar surface area (TPSA) is 38.3 Å². The third-order valence-electron chi connectivity index (χ3n) is 4.37. The second-order valence-corrected chi connectivity index (χ2v) is 5.88. The Labute approximate surface area is 120 Å². The van der Waals surface area contributed by atoms with Gasteiger partial charge in [-0.2, -0.15) is 0 Å². The maximum Gasteiger partial charge on any atom is 0.163 e. The van der Waals surface area contributed by atoms with Crippen molar-refractivity contribution in [3.63, 3.8) is 0 Å². The molecule has 108 valence electrons. The van der Waals surface area contributed by atoms with Crippen LogP contribution in [0.15, 0.2) is 18.2 Å². The zero-order chi connectivity index (χ0) is 13.8. The van der Waals surface area contributed by atoms with Gasteiger partial charge in [-0.3, -0.25) is 4.79 Å².